The van der Waals surface area contributed by atoms with Crippen molar-refractivity contribution >= 4 is 18.3 Å². The normalized spacial score (nSPS) is 24.3. The van der Waals surface area contributed by atoms with E-state index >= 15 is 0 Å². The lowest BCUT2D eigenvalue weighted by atomic mass is 9.93. The van der Waals surface area contributed by atoms with Gasteiger partial charge in [-0.05, 0) is 57.0 Å². The second kappa shape index (κ2) is 9.53. The Morgan fingerprint density at radius 3 is 2.80 bits per heavy atom. The van der Waals surface area contributed by atoms with Crippen molar-refractivity contribution in [3.05, 3.63) is 11.9 Å². The summed E-state index contributed by atoms with van der Waals surface area (Å²) < 4.78 is 1.88. The fourth-order valence-electron chi connectivity index (χ4n) is 3.99. The minimum Gasteiger partial charge on any atom is -0.348 e. The highest BCUT2D eigenvalue weighted by Gasteiger charge is 2.29. The fraction of sp³-hybridized carbons (Fsp3) is 0.833. The van der Waals surface area contributed by atoms with E-state index < -0.39 is 0 Å². The predicted octanol–water partition coefficient (Wildman–Crippen LogP) is 2.96. The SMILES string of the molecule is CC(C)CCC1CCCC1NC(=O)c1cn(C2CCNCC2)nn1.Cl. The predicted molar refractivity (Wildman–Crippen MR) is 101 cm³/mol. The van der Waals surface area contributed by atoms with Gasteiger partial charge in [0, 0.05) is 6.04 Å². The zero-order valence-corrected chi connectivity index (χ0v) is 16.2. The van der Waals surface area contributed by atoms with E-state index in [4.69, 9.17) is 0 Å². The van der Waals surface area contributed by atoms with Crippen molar-refractivity contribution in [1.82, 2.24) is 25.6 Å². The molecule has 2 unspecified atom stereocenters. The van der Waals surface area contributed by atoms with Crippen molar-refractivity contribution in [3.8, 4) is 0 Å². The highest BCUT2D eigenvalue weighted by Crippen LogP contribution is 2.30. The Bertz CT molecular complexity index is 541. The van der Waals surface area contributed by atoms with E-state index in [2.05, 4.69) is 34.8 Å². The van der Waals surface area contributed by atoms with E-state index in [1.807, 2.05) is 10.9 Å². The maximum atomic E-state index is 12.5. The number of amides is 1. The lowest BCUT2D eigenvalue weighted by Gasteiger charge is -2.22. The van der Waals surface area contributed by atoms with Gasteiger partial charge >= 0.3 is 0 Å². The van der Waals surface area contributed by atoms with Gasteiger partial charge in [-0.15, -0.1) is 17.5 Å². The number of nitrogens with zero attached hydrogens (tertiary/aromatic N) is 3. The Hall–Kier alpha value is -1.14. The van der Waals surface area contributed by atoms with Crippen molar-refractivity contribution in [2.24, 2.45) is 11.8 Å². The molecule has 0 radical (unpaired) electrons. The number of piperidine rings is 1. The van der Waals surface area contributed by atoms with Crippen molar-refractivity contribution < 1.29 is 4.79 Å². The highest BCUT2D eigenvalue weighted by molar-refractivity contribution is 5.92. The first-order valence-electron chi connectivity index (χ1n) is 9.57. The third kappa shape index (κ3) is 5.42. The van der Waals surface area contributed by atoms with Crippen LogP contribution in [0.5, 0.6) is 0 Å². The van der Waals surface area contributed by atoms with Gasteiger partial charge in [0.15, 0.2) is 5.69 Å². The van der Waals surface area contributed by atoms with Crippen LogP contribution in [0.15, 0.2) is 6.20 Å². The molecule has 2 heterocycles. The molecular formula is C18H32ClN5O. The van der Waals surface area contributed by atoms with Crippen LogP contribution in [0.2, 0.25) is 0 Å². The summed E-state index contributed by atoms with van der Waals surface area (Å²) >= 11 is 0. The number of carbonyl (C=O) groups excluding carboxylic acids is 1. The largest absolute Gasteiger partial charge is 0.348 e. The summed E-state index contributed by atoms with van der Waals surface area (Å²) in [5, 5.41) is 14.9. The van der Waals surface area contributed by atoms with Crippen LogP contribution in [-0.4, -0.2) is 40.0 Å². The molecule has 0 aromatic carbocycles. The molecule has 2 N–H and O–H groups in total. The standard InChI is InChI=1S/C18H31N5O.ClH/c1-13(2)6-7-14-4-3-5-16(14)20-18(24)17-12-23(22-21-17)15-8-10-19-11-9-15;/h12-16,19H,3-11H2,1-2H3,(H,20,24);1H. The summed E-state index contributed by atoms with van der Waals surface area (Å²) in [5.41, 5.74) is 0.461. The van der Waals surface area contributed by atoms with Crippen LogP contribution in [0.1, 0.15) is 75.3 Å². The number of hydrogen-bond acceptors (Lipinski definition) is 4. The molecule has 1 aromatic heterocycles. The van der Waals surface area contributed by atoms with Gasteiger partial charge in [0.2, 0.25) is 0 Å². The summed E-state index contributed by atoms with van der Waals surface area (Å²) in [4.78, 5) is 12.5. The summed E-state index contributed by atoms with van der Waals surface area (Å²) in [5.74, 6) is 1.29. The molecule has 2 fully saturated rings. The first-order chi connectivity index (χ1) is 11.6. The van der Waals surface area contributed by atoms with Crippen LogP contribution < -0.4 is 10.6 Å². The van der Waals surface area contributed by atoms with Gasteiger partial charge in [0.25, 0.3) is 5.91 Å². The molecule has 1 saturated heterocycles. The van der Waals surface area contributed by atoms with E-state index in [0.29, 0.717) is 23.7 Å². The van der Waals surface area contributed by atoms with Gasteiger partial charge in [0.05, 0.1) is 12.2 Å². The first kappa shape index (κ1) is 20.2. The molecule has 25 heavy (non-hydrogen) atoms. The van der Waals surface area contributed by atoms with Crippen LogP contribution in [0.25, 0.3) is 0 Å². The molecule has 1 aliphatic carbocycles. The van der Waals surface area contributed by atoms with Gasteiger partial charge < -0.3 is 10.6 Å². The second-order valence-corrected chi connectivity index (χ2v) is 7.81. The fourth-order valence-corrected chi connectivity index (χ4v) is 3.99. The molecule has 0 spiro atoms. The molecular weight excluding hydrogens is 338 g/mol. The Morgan fingerprint density at radius 1 is 1.32 bits per heavy atom. The van der Waals surface area contributed by atoms with Crippen molar-refractivity contribution in [2.45, 2.75) is 70.9 Å². The minimum atomic E-state index is -0.0587. The Morgan fingerprint density at radius 2 is 2.08 bits per heavy atom. The van der Waals surface area contributed by atoms with Crippen LogP contribution in [0.4, 0.5) is 0 Å². The Kier molecular flexibility index (Phi) is 7.69. The topological polar surface area (TPSA) is 71.8 Å². The minimum absolute atomic E-state index is 0. The average Bonchev–Trinajstić information content (AvgIpc) is 3.23. The molecule has 142 valence electrons. The molecule has 1 aromatic rings. The maximum Gasteiger partial charge on any atom is 0.273 e. The molecule has 7 heteroatoms. The van der Waals surface area contributed by atoms with Crippen LogP contribution in [0.3, 0.4) is 0 Å². The summed E-state index contributed by atoms with van der Waals surface area (Å²) in [7, 11) is 0. The van der Waals surface area contributed by atoms with Gasteiger partial charge in [0.1, 0.15) is 0 Å². The summed E-state index contributed by atoms with van der Waals surface area (Å²) in [6, 6.07) is 0.672. The van der Waals surface area contributed by atoms with E-state index in [1.54, 1.807) is 0 Å². The van der Waals surface area contributed by atoms with Crippen molar-refractivity contribution in [2.75, 3.05) is 13.1 Å². The molecule has 3 rings (SSSR count). The van der Waals surface area contributed by atoms with E-state index in [0.717, 1.165) is 38.3 Å². The smallest absolute Gasteiger partial charge is 0.273 e. The van der Waals surface area contributed by atoms with Crippen LogP contribution in [-0.2, 0) is 0 Å². The van der Waals surface area contributed by atoms with E-state index in [9.17, 15) is 4.79 Å². The maximum absolute atomic E-state index is 12.5. The van der Waals surface area contributed by atoms with Crippen LogP contribution >= 0.6 is 12.4 Å². The third-order valence-electron chi connectivity index (χ3n) is 5.52. The molecule has 1 aliphatic heterocycles. The first-order valence-corrected chi connectivity index (χ1v) is 9.57. The highest BCUT2D eigenvalue weighted by atomic mass is 35.5. The second-order valence-electron chi connectivity index (χ2n) is 7.81. The average molecular weight is 370 g/mol. The molecule has 6 nitrogen and oxygen atoms in total. The number of aromatic nitrogens is 3. The summed E-state index contributed by atoms with van der Waals surface area (Å²) in [6.07, 6.45) is 9.91. The Labute approximate surface area is 156 Å². The number of carbonyl (C=O) groups is 1. The van der Waals surface area contributed by atoms with E-state index in [1.165, 1.54) is 25.7 Å². The van der Waals surface area contributed by atoms with Crippen LogP contribution in [0, 0.1) is 11.8 Å². The lowest BCUT2D eigenvalue weighted by Crippen LogP contribution is -2.37. The van der Waals surface area contributed by atoms with Gasteiger partial charge in [-0.2, -0.15) is 0 Å². The number of rotatable bonds is 6. The molecule has 2 atom stereocenters. The van der Waals surface area contributed by atoms with E-state index in [-0.39, 0.29) is 18.3 Å². The zero-order chi connectivity index (χ0) is 16.9. The summed E-state index contributed by atoms with van der Waals surface area (Å²) in [6.45, 7) is 6.54. The lowest BCUT2D eigenvalue weighted by molar-refractivity contribution is 0.0921. The number of nitrogens with one attached hydrogen (secondary N) is 2. The van der Waals surface area contributed by atoms with Crippen molar-refractivity contribution in [3.63, 3.8) is 0 Å². The zero-order valence-electron chi connectivity index (χ0n) is 15.4. The van der Waals surface area contributed by atoms with Gasteiger partial charge in [-0.3, -0.25) is 4.79 Å². The quantitative estimate of drug-likeness (QED) is 0.808. The molecule has 0 bridgehead atoms. The molecule has 1 saturated carbocycles. The van der Waals surface area contributed by atoms with Gasteiger partial charge in [-0.25, -0.2) is 4.68 Å². The number of hydrogen-bond donors (Lipinski definition) is 2. The Balaban J connectivity index is 0.00000225. The third-order valence-corrected chi connectivity index (χ3v) is 5.52. The van der Waals surface area contributed by atoms with Gasteiger partial charge in [-0.1, -0.05) is 31.9 Å². The molecule has 2 aliphatic rings. The monoisotopic (exact) mass is 369 g/mol. The van der Waals surface area contributed by atoms with Crippen molar-refractivity contribution in [1.29, 1.82) is 0 Å². The number of halogens is 1. The molecule has 1 amide bonds.